The van der Waals surface area contributed by atoms with Gasteiger partial charge in [0.25, 0.3) is 0 Å². The predicted octanol–water partition coefficient (Wildman–Crippen LogP) is 4.17. The van der Waals surface area contributed by atoms with Crippen molar-refractivity contribution in [3.8, 4) is 0 Å². The molecule has 0 radical (unpaired) electrons. The van der Waals surface area contributed by atoms with E-state index in [2.05, 4.69) is 15.3 Å². The fraction of sp³-hybridized carbons (Fsp3) is 0.150. The van der Waals surface area contributed by atoms with Gasteiger partial charge in [-0.15, -0.1) is 0 Å². The maximum Gasteiger partial charge on any atom is 0.205 e. The van der Waals surface area contributed by atoms with Crippen molar-refractivity contribution in [2.75, 3.05) is 5.32 Å². The van der Waals surface area contributed by atoms with E-state index in [4.69, 9.17) is 0 Å². The van der Waals surface area contributed by atoms with Crippen LogP contribution in [-0.4, -0.2) is 27.2 Å². The number of nitrogens with zero attached hydrogens (tertiary/aromatic N) is 2. The maximum absolute atomic E-state index is 13.9. The molecule has 0 spiro atoms. The third-order valence-corrected chi connectivity index (χ3v) is 4.57. The summed E-state index contributed by atoms with van der Waals surface area (Å²) in [5.74, 6) is -2.15. The van der Waals surface area contributed by atoms with Crippen molar-refractivity contribution < 1.29 is 18.3 Å². The summed E-state index contributed by atoms with van der Waals surface area (Å²) in [5, 5.41) is 13.9. The first kappa shape index (κ1) is 18.1. The molecule has 2 heterocycles. The van der Waals surface area contributed by atoms with Gasteiger partial charge in [-0.1, -0.05) is 0 Å². The molecule has 1 aliphatic heterocycles. The summed E-state index contributed by atoms with van der Waals surface area (Å²) in [5.41, 5.74) is 2.91. The Hall–Kier alpha value is -3.26. The van der Waals surface area contributed by atoms with Crippen molar-refractivity contribution >= 4 is 22.5 Å². The van der Waals surface area contributed by atoms with Gasteiger partial charge >= 0.3 is 0 Å². The number of aromatic nitrogens is 1. The number of benzene rings is 2. The first-order chi connectivity index (χ1) is 13.4. The molecule has 0 amide bonds. The number of aliphatic hydroxyl groups is 1. The highest BCUT2D eigenvalue weighted by atomic mass is 19.1. The Labute approximate surface area is 158 Å². The van der Waals surface area contributed by atoms with Crippen molar-refractivity contribution in [2.24, 2.45) is 4.99 Å². The van der Waals surface area contributed by atoms with E-state index in [9.17, 15) is 18.3 Å². The molecule has 5 nitrogen and oxygen atoms in total. The molecule has 1 aromatic heterocycles. The Balaban J connectivity index is 1.66. The van der Waals surface area contributed by atoms with Gasteiger partial charge in [0, 0.05) is 35.1 Å². The summed E-state index contributed by atoms with van der Waals surface area (Å²) < 4.78 is 40.9. The highest BCUT2D eigenvalue weighted by molar-refractivity contribution is 5.98. The van der Waals surface area contributed by atoms with E-state index < -0.39 is 23.7 Å². The Morgan fingerprint density at radius 2 is 1.89 bits per heavy atom. The van der Waals surface area contributed by atoms with Crippen LogP contribution in [0.15, 0.2) is 59.6 Å². The number of aryl methyl sites for hydroxylation is 1. The Morgan fingerprint density at radius 1 is 1.14 bits per heavy atom. The number of aliphatic imine (C=N–C) groups is 1. The van der Waals surface area contributed by atoms with Gasteiger partial charge in [0.1, 0.15) is 11.6 Å². The molecule has 4 rings (SSSR count). The van der Waals surface area contributed by atoms with Crippen LogP contribution in [-0.2, 0) is 6.54 Å². The number of hydrogen-bond acceptors (Lipinski definition) is 4. The number of halogens is 3. The largest absolute Gasteiger partial charge is 0.366 e. The van der Waals surface area contributed by atoms with Gasteiger partial charge < -0.3 is 20.3 Å². The number of nitrogens with one attached hydrogen (secondary N) is 2. The lowest BCUT2D eigenvalue weighted by Crippen LogP contribution is -2.37. The number of H-pyrrole nitrogens is 1. The molecule has 1 atom stereocenters. The molecule has 2 aromatic carbocycles. The quantitative estimate of drug-likeness (QED) is 0.633. The molecule has 144 valence electrons. The van der Waals surface area contributed by atoms with Gasteiger partial charge in [-0.2, -0.15) is 0 Å². The Bertz CT molecular complexity index is 1090. The molecule has 28 heavy (non-hydrogen) atoms. The number of rotatable bonds is 3. The van der Waals surface area contributed by atoms with Crippen LogP contribution >= 0.6 is 0 Å². The van der Waals surface area contributed by atoms with E-state index in [1.165, 1.54) is 4.90 Å². The first-order valence-corrected chi connectivity index (χ1v) is 8.59. The van der Waals surface area contributed by atoms with Crippen molar-refractivity contribution in [2.45, 2.75) is 19.7 Å². The molecular formula is C20H17F3N4O. The number of aromatic amines is 1. The maximum atomic E-state index is 13.9. The highest BCUT2D eigenvalue weighted by Gasteiger charge is 2.23. The molecule has 0 saturated carbocycles. The number of guanidine groups is 1. The van der Waals surface area contributed by atoms with Crippen LogP contribution < -0.4 is 5.32 Å². The van der Waals surface area contributed by atoms with Crippen molar-refractivity contribution in [1.29, 1.82) is 0 Å². The van der Waals surface area contributed by atoms with Gasteiger partial charge in [0.2, 0.25) is 12.2 Å². The van der Waals surface area contributed by atoms with E-state index in [1.54, 1.807) is 0 Å². The minimum absolute atomic E-state index is 0.0356. The fourth-order valence-electron chi connectivity index (χ4n) is 3.19. The highest BCUT2D eigenvalue weighted by Crippen LogP contribution is 2.26. The Kier molecular flexibility index (Phi) is 4.56. The fourth-order valence-corrected chi connectivity index (χ4v) is 3.19. The first-order valence-electron chi connectivity index (χ1n) is 8.59. The number of hydrogen-bond donors (Lipinski definition) is 3. The van der Waals surface area contributed by atoms with Crippen LogP contribution in [0.4, 0.5) is 18.9 Å². The average molecular weight is 386 g/mol. The van der Waals surface area contributed by atoms with Crippen LogP contribution in [0.25, 0.3) is 10.9 Å². The lowest BCUT2D eigenvalue weighted by molar-refractivity contribution is 0.181. The minimum atomic E-state index is -1.64. The lowest BCUT2D eigenvalue weighted by Gasteiger charge is -2.28. The zero-order valence-electron chi connectivity index (χ0n) is 14.9. The smallest absolute Gasteiger partial charge is 0.205 e. The molecule has 3 aromatic rings. The lowest BCUT2D eigenvalue weighted by atomic mass is 10.1. The van der Waals surface area contributed by atoms with Crippen LogP contribution in [0.2, 0.25) is 0 Å². The molecule has 1 unspecified atom stereocenters. The second kappa shape index (κ2) is 7.05. The zero-order chi connectivity index (χ0) is 19.8. The summed E-state index contributed by atoms with van der Waals surface area (Å²) in [6.07, 6.45) is 1.25. The third kappa shape index (κ3) is 3.46. The van der Waals surface area contributed by atoms with Gasteiger partial charge in [-0.3, -0.25) is 0 Å². The molecule has 0 saturated heterocycles. The van der Waals surface area contributed by atoms with E-state index in [-0.39, 0.29) is 12.5 Å². The van der Waals surface area contributed by atoms with Crippen LogP contribution in [0.1, 0.15) is 11.1 Å². The topological polar surface area (TPSA) is 63.7 Å². The van der Waals surface area contributed by atoms with Crippen molar-refractivity contribution in [1.82, 2.24) is 9.88 Å². The number of anilines is 1. The van der Waals surface area contributed by atoms with Crippen molar-refractivity contribution in [3.63, 3.8) is 0 Å². The summed E-state index contributed by atoms with van der Waals surface area (Å²) in [7, 11) is 0. The monoisotopic (exact) mass is 386 g/mol. The van der Waals surface area contributed by atoms with E-state index >= 15 is 0 Å². The molecule has 0 fully saturated rings. The van der Waals surface area contributed by atoms with E-state index in [1.807, 2.05) is 31.3 Å². The zero-order valence-corrected chi connectivity index (χ0v) is 14.9. The van der Waals surface area contributed by atoms with E-state index in [0.29, 0.717) is 11.3 Å². The second-order valence-electron chi connectivity index (χ2n) is 6.55. The predicted molar refractivity (Wildman–Crippen MR) is 101 cm³/mol. The normalized spacial score (nSPS) is 16.9. The molecular weight excluding hydrogens is 369 g/mol. The SMILES string of the molecule is Cc1c(NC2=NC(O)C(F)=CN2Cc2cc(F)cc(F)c2)ccc2[nH]ccc12. The third-order valence-electron chi connectivity index (χ3n) is 4.57. The summed E-state index contributed by atoms with van der Waals surface area (Å²) in [6, 6.07) is 8.73. The average Bonchev–Trinajstić information content (AvgIpc) is 3.10. The van der Waals surface area contributed by atoms with Gasteiger partial charge in [0.15, 0.2) is 5.83 Å². The summed E-state index contributed by atoms with van der Waals surface area (Å²) in [4.78, 5) is 8.41. The van der Waals surface area contributed by atoms with Gasteiger partial charge in [-0.25, -0.2) is 18.2 Å². The van der Waals surface area contributed by atoms with E-state index in [0.717, 1.165) is 40.9 Å². The van der Waals surface area contributed by atoms with Crippen molar-refractivity contribution in [3.05, 3.63) is 77.4 Å². The van der Waals surface area contributed by atoms with Crippen LogP contribution in [0.5, 0.6) is 0 Å². The molecule has 3 N–H and O–H groups in total. The van der Waals surface area contributed by atoms with Crippen LogP contribution in [0.3, 0.4) is 0 Å². The van der Waals surface area contributed by atoms with Crippen LogP contribution in [0, 0.1) is 18.6 Å². The molecule has 1 aliphatic rings. The summed E-state index contributed by atoms with van der Waals surface area (Å²) in [6.45, 7) is 1.88. The molecule has 0 bridgehead atoms. The summed E-state index contributed by atoms with van der Waals surface area (Å²) >= 11 is 0. The minimum Gasteiger partial charge on any atom is -0.366 e. The Morgan fingerprint density at radius 3 is 2.64 bits per heavy atom. The standard InChI is InChI=1S/C20H17F3N4O/c1-11-15-4-5-24-18(15)3-2-17(11)25-20-26-19(28)16(23)10-27(20)9-12-6-13(21)8-14(22)7-12/h2-8,10,19,24,28H,9H2,1H3,(H,25,26). The van der Waals surface area contributed by atoms with Gasteiger partial charge in [0.05, 0.1) is 6.54 Å². The molecule has 0 aliphatic carbocycles. The molecule has 8 heteroatoms. The number of fused-ring (bicyclic) bond motifs is 1. The van der Waals surface area contributed by atoms with Gasteiger partial charge in [-0.05, 0) is 48.4 Å². The number of aliphatic hydroxyl groups excluding tert-OH is 1. The second-order valence-corrected chi connectivity index (χ2v) is 6.55.